The van der Waals surface area contributed by atoms with E-state index in [1.54, 1.807) is 6.07 Å². The predicted molar refractivity (Wildman–Crippen MR) is 72.8 cm³/mol. The highest BCUT2D eigenvalue weighted by atomic mass is 16.6. The fourth-order valence-corrected chi connectivity index (χ4v) is 1.64. The Morgan fingerprint density at radius 2 is 1.81 bits per heavy atom. The van der Waals surface area contributed by atoms with E-state index in [1.165, 1.54) is 42.5 Å². The molecule has 7 heteroatoms. The minimum absolute atomic E-state index is 0.0450. The van der Waals surface area contributed by atoms with Gasteiger partial charge in [-0.15, -0.1) is 0 Å². The Kier molecular flexibility index (Phi) is 3.81. The number of nitrogens with zero attached hydrogens (tertiary/aromatic N) is 2. The molecule has 2 aromatic carbocycles. The summed E-state index contributed by atoms with van der Waals surface area (Å²) < 4.78 is 5.44. The monoisotopic (exact) mass is 283 g/mol. The second-order valence-corrected chi connectivity index (χ2v) is 4.04. The molecule has 1 amide bonds. The number of primary amides is 1. The lowest BCUT2D eigenvalue weighted by molar-refractivity contribution is -0.385. The van der Waals surface area contributed by atoms with Gasteiger partial charge in [-0.25, -0.2) is 0 Å². The molecule has 0 spiro atoms. The number of ether oxygens (including phenoxy) is 1. The van der Waals surface area contributed by atoms with Crippen LogP contribution in [-0.2, 0) is 0 Å². The van der Waals surface area contributed by atoms with E-state index in [1.807, 2.05) is 0 Å². The van der Waals surface area contributed by atoms with Gasteiger partial charge in [0.25, 0.3) is 5.69 Å². The van der Waals surface area contributed by atoms with Crippen LogP contribution < -0.4 is 10.5 Å². The number of hydrogen-bond donors (Lipinski definition) is 1. The number of hydrogen-bond acceptors (Lipinski definition) is 5. The van der Waals surface area contributed by atoms with Crippen LogP contribution in [0.15, 0.2) is 42.5 Å². The molecule has 0 atom stereocenters. The summed E-state index contributed by atoms with van der Waals surface area (Å²) >= 11 is 0. The third-order valence-electron chi connectivity index (χ3n) is 2.66. The van der Waals surface area contributed by atoms with Gasteiger partial charge >= 0.3 is 0 Å². The highest BCUT2D eigenvalue weighted by molar-refractivity contribution is 5.92. The summed E-state index contributed by atoms with van der Waals surface area (Å²) in [5, 5.41) is 19.6. The van der Waals surface area contributed by atoms with Gasteiger partial charge in [-0.05, 0) is 36.4 Å². The summed E-state index contributed by atoms with van der Waals surface area (Å²) in [6.07, 6.45) is 0. The highest BCUT2D eigenvalue weighted by Gasteiger charge is 2.15. The maximum absolute atomic E-state index is 10.9. The lowest BCUT2D eigenvalue weighted by Gasteiger charge is -2.06. The SMILES string of the molecule is N#Cc1ccc(Oc2ccc(C(N)=O)cc2)cc1[N+](=O)[O-]. The van der Waals surface area contributed by atoms with Crippen molar-refractivity contribution in [3.8, 4) is 17.6 Å². The molecule has 0 fully saturated rings. The molecule has 0 aliphatic carbocycles. The van der Waals surface area contributed by atoms with E-state index in [-0.39, 0.29) is 17.0 Å². The molecular weight excluding hydrogens is 274 g/mol. The van der Waals surface area contributed by atoms with Crippen molar-refractivity contribution in [2.24, 2.45) is 5.73 Å². The second kappa shape index (κ2) is 5.71. The van der Waals surface area contributed by atoms with Crippen LogP contribution in [0.4, 0.5) is 5.69 Å². The first-order valence-electron chi connectivity index (χ1n) is 5.77. The van der Waals surface area contributed by atoms with Crippen molar-refractivity contribution in [3.63, 3.8) is 0 Å². The van der Waals surface area contributed by atoms with Gasteiger partial charge in [0.2, 0.25) is 5.91 Å². The topological polar surface area (TPSA) is 119 Å². The number of nitro benzene ring substituents is 1. The van der Waals surface area contributed by atoms with Crippen LogP contribution in [0.1, 0.15) is 15.9 Å². The molecule has 21 heavy (non-hydrogen) atoms. The van der Waals surface area contributed by atoms with E-state index in [0.717, 1.165) is 0 Å². The van der Waals surface area contributed by atoms with Crippen molar-refractivity contribution in [2.75, 3.05) is 0 Å². The van der Waals surface area contributed by atoms with Gasteiger partial charge in [-0.3, -0.25) is 14.9 Å². The largest absolute Gasteiger partial charge is 0.457 e. The Morgan fingerprint density at radius 3 is 2.33 bits per heavy atom. The van der Waals surface area contributed by atoms with Gasteiger partial charge in [0, 0.05) is 5.56 Å². The first-order chi connectivity index (χ1) is 10.0. The Labute approximate surface area is 119 Å². The molecule has 2 rings (SSSR count). The number of carbonyl (C=O) groups is 1. The quantitative estimate of drug-likeness (QED) is 0.682. The van der Waals surface area contributed by atoms with Crippen LogP contribution in [-0.4, -0.2) is 10.8 Å². The van der Waals surface area contributed by atoms with Gasteiger partial charge in [0.05, 0.1) is 11.0 Å². The summed E-state index contributed by atoms with van der Waals surface area (Å²) in [6, 6.07) is 11.7. The summed E-state index contributed by atoms with van der Waals surface area (Å²) in [6.45, 7) is 0. The molecule has 0 radical (unpaired) electrons. The molecule has 2 aromatic rings. The predicted octanol–water partition coefficient (Wildman–Crippen LogP) is 2.36. The van der Waals surface area contributed by atoms with E-state index in [0.29, 0.717) is 11.3 Å². The van der Waals surface area contributed by atoms with Crippen LogP contribution in [0.25, 0.3) is 0 Å². The molecule has 0 aliphatic rings. The molecular formula is C14H9N3O4. The lowest BCUT2D eigenvalue weighted by atomic mass is 10.2. The molecule has 0 saturated heterocycles. The van der Waals surface area contributed by atoms with Gasteiger partial charge in [-0.1, -0.05) is 0 Å². The molecule has 0 aliphatic heterocycles. The minimum atomic E-state index is -0.651. The van der Waals surface area contributed by atoms with E-state index >= 15 is 0 Å². The maximum Gasteiger partial charge on any atom is 0.290 e. The number of benzene rings is 2. The zero-order valence-electron chi connectivity index (χ0n) is 10.6. The third kappa shape index (κ3) is 3.13. The lowest BCUT2D eigenvalue weighted by Crippen LogP contribution is -2.10. The number of nitriles is 1. The number of nitrogens with two attached hydrogens (primary N) is 1. The summed E-state index contributed by atoms with van der Waals surface area (Å²) in [5.74, 6) is 0.0436. The van der Waals surface area contributed by atoms with Gasteiger partial charge < -0.3 is 10.5 Å². The van der Waals surface area contributed by atoms with Gasteiger partial charge in [0.1, 0.15) is 23.1 Å². The van der Waals surface area contributed by atoms with E-state index in [2.05, 4.69) is 0 Å². The molecule has 104 valence electrons. The average Bonchev–Trinajstić information content (AvgIpc) is 2.47. The van der Waals surface area contributed by atoms with Crippen molar-refractivity contribution >= 4 is 11.6 Å². The smallest absolute Gasteiger partial charge is 0.290 e. The molecule has 7 nitrogen and oxygen atoms in total. The Hall–Kier alpha value is -3.40. The number of nitro groups is 1. The zero-order valence-corrected chi connectivity index (χ0v) is 10.6. The first kappa shape index (κ1) is 14.0. The molecule has 0 bridgehead atoms. The Balaban J connectivity index is 2.27. The minimum Gasteiger partial charge on any atom is -0.457 e. The van der Waals surface area contributed by atoms with Gasteiger partial charge in [-0.2, -0.15) is 5.26 Å². The fourth-order valence-electron chi connectivity index (χ4n) is 1.64. The molecule has 2 N–H and O–H groups in total. The number of carbonyl (C=O) groups excluding carboxylic acids is 1. The second-order valence-electron chi connectivity index (χ2n) is 4.04. The van der Waals surface area contributed by atoms with E-state index in [4.69, 9.17) is 15.7 Å². The summed E-state index contributed by atoms with van der Waals surface area (Å²) in [5.41, 5.74) is 5.07. The van der Waals surface area contributed by atoms with Gasteiger partial charge in [0.15, 0.2) is 0 Å². The van der Waals surface area contributed by atoms with Crippen molar-refractivity contribution in [1.29, 1.82) is 5.26 Å². The van der Waals surface area contributed by atoms with Crippen molar-refractivity contribution in [2.45, 2.75) is 0 Å². The van der Waals surface area contributed by atoms with E-state index in [9.17, 15) is 14.9 Å². The molecule has 0 heterocycles. The number of rotatable bonds is 4. The molecule has 0 unspecified atom stereocenters. The van der Waals surface area contributed by atoms with Crippen LogP contribution in [0.5, 0.6) is 11.5 Å². The molecule has 0 saturated carbocycles. The van der Waals surface area contributed by atoms with E-state index < -0.39 is 10.8 Å². The van der Waals surface area contributed by atoms with Crippen molar-refractivity contribution in [3.05, 3.63) is 63.7 Å². The normalized spacial score (nSPS) is 9.67. The number of amides is 1. The fraction of sp³-hybridized carbons (Fsp3) is 0. The zero-order chi connectivity index (χ0) is 15.4. The highest BCUT2D eigenvalue weighted by Crippen LogP contribution is 2.28. The third-order valence-corrected chi connectivity index (χ3v) is 2.66. The van der Waals surface area contributed by atoms with Crippen LogP contribution in [0, 0.1) is 21.4 Å². The Bertz CT molecular complexity index is 748. The molecule has 0 aromatic heterocycles. The van der Waals surface area contributed by atoms with Crippen molar-refractivity contribution in [1.82, 2.24) is 0 Å². The van der Waals surface area contributed by atoms with Crippen LogP contribution in [0.3, 0.4) is 0 Å². The maximum atomic E-state index is 10.9. The van der Waals surface area contributed by atoms with Crippen molar-refractivity contribution < 1.29 is 14.5 Å². The summed E-state index contributed by atoms with van der Waals surface area (Å²) in [7, 11) is 0. The first-order valence-corrected chi connectivity index (χ1v) is 5.77. The standard InChI is InChI=1S/C14H9N3O4/c15-8-10-3-6-12(7-13(10)17(19)20)21-11-4-1-9(2-5-11)14(16)18/h1-7H,(H2,16,18). The average molecular weight is 283 g/mol. The van der Waals surface area contributed by atoms with Crippen LogP contribution >= 0.6 is 0 Å². The Morgan fingerprint density at radius 1 is 1.19 bits per heavy atom. The van der Waals surface area contributed by atoms with Crippen LogP contribution in [0.2, 0.25) is 0 Å². The summed E-state index contributed by atoms with van der Waals surface area (Å²) in [4.78, 5) is 21.1.